The molecule has 0 radical (unpaired) electrons. The van der Waals surface area contributed by atoms with Crippen molar-refractivity contribution in [1.82, 2.24) is 4.90 Å². The number of hydrogen-bond acceptors (Lipinski definition) is 13. The molecular weight excluding hydrogens is 835 g/mol. The largest absolute Gasteiger partial charge is 0.460 e. The van der Waals surface area contributed by atoms with Gasteiger partial charge in [-0.25, -0.2) is 4.79 Å². The van der Waals surface area contributed by atoms with Crippen LogP contribution in [0.4, 0.5) is 0 Å². The fraction of sp³-hybridized carbons (Fsp3) is 0.745. The van der Waals surface area contributed by atoms with Crippen LogP contribution in [0.15, 0.2) is 47.6 Å². The first-order valence-corrected chi connectivity index (χ1v) is 23.9. The summed E-state index contributed by atoms with van der Waals surface area (Å²) < 4.78 is 29.4. The predicted molar refractivity (Wildman–Crippen MR) is 245 cm³/mol. The van der Waals surface area contributed by atoms with E-state index in [1.54, 1.807) is 41.1 Å². The Morgan fingerprint density at radius 3 is 2.25 bits per heavy atom. The minimum Gasteiger partial charge on any atom is -0.460 e. The molecule has 0 spiro atoms. The van der Waals surface area contributed by atoms with Crippen LogP contribution in [0, 0.1) is 35.5 Å². The molecule has 0 aromatic heterocycles. The summed E-state index contributed by atoms with van der Waals surface area (Å²) in [5.41, 5.74) is 1.27. The van der Waals surface area contributed by atoms with Crippen molar-refractivity contribution in [2.75, 3.05) is 27.9 Å². The van der Waals surface area contributed by atoms with Gasteiger partial charge in [0.2, 0.25) is 5.79 Å². The molecule has 14 heteroatoms. The Labute approximate surface area is 387 Å². The van der Waals surface area contributed by atoms with Crippen molar-refractivity contribution in [3.05, 3.63) is 47.6 Å². The Kier molecular flexibility index (Phi) is 21.0. The van der Waals surface area contributed by atoms with Crippen LogP contribution in [0.2, 0.25) is 0 Å². The zero-order valence-corrected chi connectivity index (χ0v) is 40.6. The highest BCUT2D eigenvalue weighted by Crippen LogP contribution is 2.38. The van der Waals surface area contributed by atoms with Gasteiger partial charge in [0.25, 0.3) is 11.7 Å². The highest BCUT2D eigenvalue weighted by molar-refractivity contribution is 6.39. The van der Waals surface area contributed by atoms with Crippen molar-refractivity contribution in [1.29, 1.82) is 0 Å². The molecule has 0 aromatic rings. The SMILES string of the molecule is COC1C(=O)C(C)C[C@H](C)/C=C/C=C/C=C(\C)[C@@H](OC)C[C@@H]2CC[C@@H](C)[C@@](O)(O2)C(=O)C(=O)N2CCCC[C@H]2C(=O)O[C@H]([C@H](C)C[C@@H]2CC[C@@H](O)C(OC)C2)CC(=O)C(C)/C=C(\C)C1O. The van der Waals surface area contributed by atoms with E-state index in [4.69, 9.17) is 23.7 Å². The van der Waals surface area contributed by atoms with Gasteiger partial charge in [-0.2, -0.15) is 0 Å². The number of cyclic esters (lactones) is 1. The summed E-state index contributed by atoms with van der Waals surface area (Å²) in [5, 5.41) is 33.8. The summed E-state index contributed by atoms with van der Waals surface area (Å²) in [6.45, 7) is 12.7. The molecular formula is C51H79NO13. The predicted octanol–water partition coefficient (Wildman–Crippen LogP) is 6.18. The molecule has 65 heavy (non-hydrogen) atoms. The second-order valence-electron chi connectivity index (χ2n) is 19.6. The summed E-state index contributed by atoms with van der Waals surface area (Å²) in [6, 6.07) is -1.14. The van der Waals surface area contributed by atoms with Crippen molar-refractivity contribution in [3.8, 4) is 0 Å². The molecule has 3 aliphatic heterocycles. The first-order valence-electron chi connectivity index (χ1n) is 23.9. The number of aliphatic hydroxyl groups excluding tert-OH is 2. The van der Waals surface area contributed by atoms with Gasteiger partial charge in [0.1, 0.15) is 30.1 Å². The number of ketones is 3. The van der Waals surface area contributed by atoms with E-state index in [1.165, 1.54) is 12.0 Å². The first kappa shape index (κ1) is 54.2. The zero-order valence-electron chi connectivity index (χ0n) is 40.6. The maximum absolute atomic E-state index is 14.4. The number of piperidine rings is 1. The maximum Gasteiger partial charge on any atom is 0.329 e. The molecule has 5 unspecified atom stereocenters. The lowest BCUT2D eigenvalue weighted by Crippen LogP contribution is -2.61. The number of aliphatic hydroxyl groups is 3. The van der Waals surface area contributed by atoms with Gasteiger partial charge < -0.3 is 43.9 Å². The third kappa shape index (κ3) is 14.3. The summed E-state index contributed by atoms with van der Waals surface area (Å²) in [4.78, 5) is 71.8. The highest BCUT2D eigenvalue weighted by atomic mass is 16.6. The first-order chi connectivity index (χ1) is 30.7. The van der Waals surface area contributed by atoms with Gasteiger partial charge >= 0.3 is 5.97 Å². The van der Waals surface area contributed by atoms with Crippen LogP contribution in [-0.2, 0) is 47.7 Å². The van der Waals surface area contributed by atoms with Crippen LogP contribution in [0.5, 0.6) is 0 Å². The molecule has 1 aliphatic carbocycles. The molecule has 4 aliphatic rings. The number of allylic oxidation sites excluding steroid dienone is 6. The second kappa shape index (κ2) is 25.1. The second-order valence-corrected chi connectivity index (χ2v) is 19.6. The Hall–Kier alpha value is -3.37. The molecule has 2 bridgehead atoms. The minimum absolute atomic E-state index is 0.0193. The van der Waals surface area contributed by atoms with Gasteiger partial charge in [0.15, 0.2) is 5.78 Å². The summed E-state index contributed by atoms with van der Waals surface area (Å²) in [6.07, 6.45) is 11.2. The normalized spacial score (nSPS) is 40.4. The average molecular weight is 914 g/mol. The third-order valence-electron chi connectivity index (χ3n) is 14.5. The van der Waals surface area contributed by atoms with Gasteiger partial charge in [0.05, 0.1) is 24.4 Å². The molecule has 3 heterocycles. The zero-order chi connectivity index (χ0) is 48.2. The number of rotatable bonds is 6. The molecule has 4 rings (SSSR count). The third-order valence-corrected chi connectivity index (χ3v) is 14.5. The molecule has 2 saturated heterocycles. The smallest absolute Gasteiger partial charge is 0.329 e. The van der Waals surface area contributed by atoms with Crippen molar-refractivity contribution < 1.29 is 63.0 Å². The van der Waals surface area contributed by atoms with Crippen molar-refractivity contribution >= 4 is 29.2 Å². The van der Waals surface area contributed by atoms with Crippen LogP contribution in [0.3, 0.4) is 0 Å². The number of carbonyl (C=O) groups is 5. The summed E-state index contributed by atoms with van der Waals surface area (Å²) in [5.74, 6) is -7.96. The van der Waals surface area contributed by atoms with E-state index in [0.29, 0.717) is 63.4 Å². The standard InChI is InChI=1S/C51H79NO13/c1-30-16-12-11-13-17-31(2)42(61-8)28-38-21-19-36(7)51(60,65-38)48(57)49(58)52-23-15-14-18-39(52)50(59)64-43(33(4)26-37-20-22-40(53)44(27-37)62-9)29-41(54)32(3)25-35(6)46(56)47(63-10)45(55)34(5)24-30/h11-13,16-17,25,30,32-34,36-40,42-44,46-47,53,56,60H,14-15,18-24,26-29H2,1-10H3/b13-11+,16-12+,31-17+,35-25+/t30-,32?,33-,34?,36-,37+,38+,39+,40-,42+,43+,44?,46?,47?,51-/m1/s1. The molecule has 3 fully saturated rings. The number of ether oxygens (including phenoxy) is 5. The Bertz CT molecular complexity index is 1760. The Balaban J connectivity index is 1.70. The van der Waals surface area contributed by atoms with Gasteiger partial charge in [-0.1, -0.05) is 71.1 Å². The average Bonchev–Trinajstić information content (AvgIpc) is 3.28. The number of fused-ring (bicyclic) bond motifs is 3. The molecule has 0 aromatic carbocycles. The minimum atomic E-state index is -2.43. The molecule has 1 saturated carbocycles. The molecule has 1 amide bonds. The molecule has 366 valence electrons. The van der Waals surface area contributed by atoms with E-state index in [9.17, 15) is 39.3 Å². The monoisotopic (exact) mass is 914 g/mol. The van der Waals surface area contributed by atoms with Crippen LogP contribution in [0.25, 0.3) is 0 Å². The number of nitrogens with zero attached hydrogens (tertiary/aromatic N) is 1. The highest BCUT2D eigenvalue weighted by Gasteiger charge is 2.53. The molecule has 3 N–H and O–H groups in total. The molecule has 15 atom stereocenters. The van der Waals surface area contributed by atoms with Crippen molar-refractivity contribution in [3.63, 3.8) is 0 Å². The van der Waals surface area contributed by atoms with Crippen molar-refractivity contribution in [2.24, 2.45) is 35.5 Å². The lowest BCUT2D eigenvalue weighted by atomic mass is 9.78. The molecule has 14 nitrogen and oxygen atoms in total. The number of methoxy groups -OCH3 is 3. The van der Waals surface area contributed by atoms with Gasteiger partial charge in [-0.15, -0.1) is 0 Å². The number of amides is 1. The number of carbonyl (C=O) groups excluding carboxylic acids is 5. The quantitative estimate of drug-likeness (QED) is 0.156. The number of esters is 1. The lowest BCUT2D eigenvalue weighted by Gasteiger charge is -2.42. The van der Waals surface area contributed by atoms with E-state index in [1.807, 2.05) is 58.1 Å². The van der Waals surface area contributed by atoms with E-state index in [0.717, 1.165) is 12.0 Å². The van der Waals surface area contributed by atoms with Crippen molar-refractivity contribution in [2.45, 2.75) is 180 Å². The van der Waals surface area contributed by atoms with E-state index >= 15 is 0 Å². The summed E-state index contributed by atoms with van der Waals surface area (Å²) >= 11 is 0. The van der Waals surface area contributed by atoms with E-state index in [2.05, 4.69) is 0 Å². The number of hydrogen-bond donors (Lipinski definition) is 3. The van der Waals surface area contributed by atoms with E-state index < -0.39 is 83.9 Å². The van der Waals surface area contributed by atoms with Crippen LogP contribution in [-0.4, -0.2) is 132 Å². The van der Waals surface area contributed by atoms with E-state index in [-0.39, 0.29) is 54.8 Å². The van der Waals surface area contributed by atoms with Crippen LogP contribution in [0.1, 0.15) is 126 Å². The summed E-state index contributed by atoms with van der Waals surface area (Å²) in [7, 11) is 4.52. The number of Topliss-reactive ketones (excluding diaryl/α,β-unsaturated/α-hetero) is 3. The Morgan fingerprint density at radius 2 is 1.57 bits per heavy atom. The van der Waals surface area contributed by atoms with Gasteiger partial charge in [-0.05, 0) is 107 Å². The Morgan fingerprint density at radius 1 is 0.846 bits per heavy atom. The van der Waals surface area contributed by atoms with Gasteiger partial charge in [0, 0.05) is 58.5 Å². The fourth-order valence-electron chi connectivity index (χ4n) is 10.1. The van der Waals surface area contributed by atoms with Crippen LogP contribution < -0.4 is 0 Å². The topological polar surface area (TPSA) is 195 Å². The fourth-order valence-corrected chi connectivity index (χ4v) is 10.1. The van der Waals surface area contributed by atoms with Gasteiger partial charge in [-0.3, -0.25) is 19.2 Å². The van der Waals surface area contributed by atoms with Crippen LogP contribution >= 0.6 is 0 Å². The lowest BCUT2D eigenvalue weighted by molar-refractivity contribution is -0.265. The maximum atomic E-state index is 14.4.